The van der Waals surface area contributed by atoms with Crippen molar-refractivity contribution in [1.82, 2.24) is 15.0 Å². The number of hydrazone groups is 1. The Hall–Kier alpha value is -3.41. The summed E-state index contributed by atoms with van der Waals surface area (Å²) in [5.41, 5.74) is 0.756. The average Bonchev–Trinajstić information content (AvgIpc) is 3.47. The lowest BCUT2D eigenvalue weighted by Gasteiger charge is -2.26. The topological polar surface area (TPSA) is 85.5 Å². The molecule has 158 valence electrons. The first-order chi connectivity index (χ1) is 15.0. The van der Waals surface area contributed by atoms with Crippen molar-refractivity contribution in [1.29, 1.82) is 5.26 Å². The Labute approximate surface area is 178 Å². The zero-order valence-corrected chi connectivity index (χ0v) is 16.7. The fraction of sp³-hybridized carbons (Fsp3) is 0.409. The number of nitrogens with zero attached hydrogens (tertiary/aromatic N) is 6. The number of halogens is 2. The standard InChI is InChI=1S/C22H20F2N6O/c23-17-5-13(6-18(24)7-17)20-1-2-28-30(20)22(31)14-3-15-10-29(11-16(15)4-14)21-8-19(9-25)26-12-27-21/h2,5-8,12,14-16,20H,1,3-4,10-11H2/t14-,15+,16-,20-/m1/s1. The van der Waals surface area contributed by atoms with E-state index >= 15 is 0 Å². The number of amides is 1. The largest absolute Gasteiger partial charge is 0.356 e. The van der Waals surface area contributed by atoms with E-state index < -0.39 is 17.7 Å². The van der Waals surface area contributed by atoms with Crippen LogP contribution >= 0.6 is 0 Å². The van der Waals surface area contributed by atoms with Gasteiger partial charge in [0.2, 0.25) is 5.91 Å². The number of benzene rings is 1. The van der Waals surface area contributed by atoms with E-state index in [9.17, 15) is 13.6 Å². The van der Waals surface area contributed by atoms with E-state index in [1.807, 2.05) is 6.07 Å². The van der Waals surface area contributed by atoms with E-state index in [2.05, 4.69) is 20.0 Å². The van der Waals surface area contributed by atoms with Crippen LogP contribution in [0.15, 0.2) is 35.7 Å². The van der Waals surface area contributed by atoms with Gasteiger partial charge >= 0.3 is 0 Å². The molecule has 1 aromatic carbocycles. The Balaban J connectivity index is 1.26. The highest BCUT2D eigenvalue weighted by Gasteiger charge is 2.46. The maximum Gasteiger partial charge on any atom is 0.246 e. The number of aromatic nitrogens is 2. The molecule has 0 radical (unpaired) electrons. The molecule has 0 spiro atoms. The maximum absolute atomic E-state index is 13.7. The Bertz CT molecular complexity index is 1070. The molecule has 1 amide bonds. The van der Waals surface area contributed by atoms with Gasteiger partial charge in [-0.25, -0.2) is 23.8 Å². The molecule has 31 heavy (non-hydrogen) atoms. The summed E-state index contributed by atoms with van der Waals surface area (Å²) in [6.45, 7) is 1.55. The van der Waals surface area contributed by atoms with Crippen LogP contribution < -0.4 is 4.90 Å². The lowest BCUT2D eigenvalue weighted by atomic mass is 10.0. The lowest BCUT2D eigenvalue weighted by molar-refractivity contribution is -0.137. The van der Waals surface area contributed by atoms with Crippen LogP contribution in [0.5, 0.6) is 0 Å². The predicted octanol–water partition coefficient (Wildman–Crippen LogP) is 3.05. The molecule has 3 heterocycles. The van der Waals surface area contributed by atoms with E-state index in [0.717, 1.165) is 37.8 Å². The molecule has 2 aliphatic heterocycles. The van der Waals surface area contributed by atoms with Crippen LogP contribution in [0.25, 0.3) is 0 Å². The molecular weight excluding hydrogens is 402 g/mol. The number of hydrogen-bond donors (Lipinski definition) is 0. The third kappa shape index (κ3) is 3.63. The van der Waals surface area contributed by atoms with E-state index in [0.29, 0.717) is 29.5 Å². The molecule has 1 saturated carbocycles. The second kappa shape index (κ2) is 7.69. The highest BCUT2D eigenvalue weighted by atomic mass is 19.1. The zero-order valence-electron chi connectivity index (χ0n) is 16.7. The molecule has 0 unspecified atom stereocenters. The third-order valence-electron chi connectivity index (χ3n) is 6.52. The monoisotopic (exact) mass is 422 g/mol. The number of carbonyl (C=O) groups is 1. The van der Waals surface area contributed by atoms with Gasteiger partial charge in [-0.05, 0) is 42.4 Å². The summed E-state index contributed by atoms with van der Waals surface area (Å²) in [6, 6.07) is 6.60. The maximum atomic E-state index is 13.7. The van der Waals surface area contributed by atoms with Crippen molar-refractivity contribution in [2.45, 2.75) is 25.3 Å². The minimum Gasteiger partial charge on any atom is -0.356 e. The number of fused-ring (bicyclic) bond motifs is 1. The van der Waals surface area contributed by atoms with Gasteiger partial charge in [-0.15, -0.1) is 0 Å². The minimum absolute atomic E-state index is 0.0850. The number of hydrogen-bond acceptors (Lipinski definition) is 6. The SMILES string of the molecule is N#Cc1cc(N2C[C@H]3C[C@H](C(=O)N4N=CC[C@@H]4c4cc(F)cc(F)c4)C[C@H]3C2)ncn1. The van der Waals surface area contributed by atoms with Crippen LogP contribution in [0.3, 0.4) is 0 Å². The van der Waals surface area contributed by atoms with Gasteiger partial charge in [-0.2, -0.15) is 10.4 Å². The van der Waals surface area contributed by atoms with Crippen molar-refractivity contribution in [2.75, 3.05) is 18.0 Å². The molecule has 5 rings (SSSR count). The van der Waals surface area contributed by atoms with Crippen molar-refractivity contribution in [3.8, 4) is 6.07 Å². The molecule has 7 nitrogen and oxygen atoms in total. The second-order valence-electron chi connectivity index (χ2n) is 8.40. The first-order valence-electron chi connectivity index (χ1n) is 10.3. The first-order valence-corrected chi connectivity index (χ1v) is 10.3. The van der Waals surface area contributed by atoms with Crippen LogP contribution in [-0.2, 0) is 4.79 Å². The summed E-state index contributed by atoms with van der Waals surface area (Å²) in [6.07, 6.45) is 4.95. The highest BCUT2D eigenvalue weighted by molar-refractivity contribution is 5.82. The Morgan fingerprint density at radius 1 is 1.06 bits per heavy atom. The highest BCUT2D eigenvalue weighted by Crippen LogP contribution is 2.44. The summed E-state index contributed by atoms with van der Waals surface area (Å²) >= 11 is 0. The van der Waals surface area contributed by atoms with Gasteiger partial charge in [0.05, 0.1) is 6.04 Å². The molecule has 1 aliphatic carbocycles. The normalized spacial score (nSPS) is 26.9. The molecule has 3 aliphatic rings. The van der Waals surface area contributed by atoms with Crippen molar-refractivity contribution in [3.63, 3.8) is 0 Å². The zero-order chi connectivity index (χ0) is 21.5. The molecule has 9 heteroatoms. The summed E-state index contributed by atoms with van der Waals surface area (Å²) in [5.74, 6) is -0.118. The first kappa shape index (κ1) is 19.5. The van der Waals surface area contributed by atoms with Gasteiger partial charge in [0.1, 0.15) is 35.5 Å². The van der Waals surface area contributed by atoms with E-state index in [4.69, 9.17) is 5.26 Å². The van der Waals surface area contributed by atoms with Crippen LogP contribution in [0.1, 0.15) is 36.6 Å². The van der Waals surface area contributed by atoms with Gasteiger partial charge < -0.3 is 4.90 Å². The Kier molecular flexibility index (Phi) is 4.85. The van der Waals surface area contributed by atoms with Crippen LogP contribution in [-0.4, -0.2) is 40.2 Å². The molecule has 0 bridgehead atoms. The number of carbonyl (C=O) groups excluding carboxylic acids is 1. The van der Waals surface area contributed by atoms with Crippen molar-refractivity contribution < 1.29 is 13.6 Å². The summed E-state index contributed by atoms with van der Waals surface area (Å²) in [7, 11) is 0. The quantitative estimate of drug-likeness (QED) is 0.759. The number of nitriles is 1. The van der Waals surface area contributed by atoms with Crippen molar-refractivity contribution in [3.05, 3.63) is 53.5 Å². The van der Waals surface area contributed by atoms with Crippen LogP contribution in [0.4, 0.5) is 14.6 Å². The minimum atomic E-state index is -0.658. The van der Waals surface area contributed by atoms with E-state index in [-0.39, 0.29) is 11.8 Å². The molecule has 2 fully saturated rings. The molecular formula is C22H20F2N6O. The molecule has 1 aromatic heterocycles. The van der Waals surface area contributed by atoms with Gasteiger partial charge in [-0.3, -0.25) is 4.79 Å². The third-order valence-corrected chi connectivity index (χ3v) is 6.52. The predicted molar refractivity (Wildman–Crippen MR) is 108 cm³/mol. The van der Waals surface area contributed by atoms with Gasteiger partial charge in [0.15, 0.2) is 0 Å². The fourth-order valence-electron chi connectivity index (χ4n) is 5.13. The van der Waals surface area contributed by atoms with E-state index in [1.165, 1.54) is 23.5 Å². The fourth-order valence-corrected chi connectivity index (χ4v) is 5.13. The Morgan fingerprint density at radius 2 is 1.77 bits per heavy atom. The average molecular weight is 422 g/mol. The van der Waals surface area contributed by atoms with Gasteiger partial charge in [0.25, 0.3) is 0 Å². The molecule has 1 saturated heterocycles. The number of anilines is 1. The smallest absolute Gasteiger partial charge is 0.246 e. The summed E-state index contributed by atoms with van der Waals surface area (Å²) in [4.78, 5) is 23.6. The summed E-state index contributed by atoms with van der Waals surface area (Å²) in [5, 5.41) is 14.7. The van der Waals surface area contributed by atoms with Gasteiger partial charge in [0, 0.05) is 43.8 Å². The van der Waals surface area contributed by atoms with Crippen LogP contribution in [0.2, 0.25) is 0 Å². The lowest BCUT2D eigenvalue weighted by Crippen LogP contribution is -2.33. The van der Waals surface area contributed by atoms with Gasteiger partial charge in [-0.1, -0.05) is 0 Å². The number of rotatable bonds is 3. The summed E-state index contributed by atoms with van der Waals surface area (Å²) < 4.78 is 27.4. The second-order valence-corrected chi connectivity index (χ2v) is 8.40. The van der Waals surface area contributed by atoms with Crippen LogP contribution in [0, 0.1) is 40.7 Å². The molecule has 4 atom stereocenters. The van der Waals surface area contributed by atoms with Crippen molar-refractivity contribution >= 4 is 17.9 Å². The molecule has 2 aromatic rings. The van der Waals surface area contributed by atoms with Crippen molar-refractivity contribution in [2.24, 2.45) is 22.9 Å². The Morgan fingerprint density at radius 3 is 2.45 bits per heavy atom. The molecule has 0 N–H and O–H groups in total. The van der Waals surface area contributed by atoms with E-state index in [1.54, 1.807) is 12.3 Å².